The molecule has 15 heavy (non-hydrogen) atoms. The first-order valence-electron chi connectivity index (χ1n) is 5.36. The number of carbonyl (C=O) groups excluding carboxylic acids is 1. The third-order valence-electron chi connectivity index (χ3n) is 3.34. The Morgan fingerprint density at radius 1 is 1.47 bits per heavy atom. The summed E-state index contributed by atoms with van der Waals surface area (Å²) in [6.45, 7) is 1.88. The van der Waals surface area contributed by atoms with Crippen molar-refractivity contribution in [1.82, 2.24) is 10.6 Å². The van der Waals surface area contributed by atoms with E-state index in [1.807, 2.05) is 0 Å². The van der Waals surface area contributed by atoms with Gasteiger partial charge in [0.25, 0.3) is 0 Å². The summed E-state index contributed by atoms with van der Waals surface area (Å²) in [5, 5.41) is 14.8. The molecule has 1 unspecified atom stereocenters. The van der Waals surface area contributed by atoms with E-state index in [1.54, 1.807) is 0 Å². The predicted octanol–water partition coefficient (Wildman–Crippen LogP) is -0.423. The van der Waals surface area contributed by atoms with Gasteiger partial charge in [-0.3, -0.25) is 9.59 Å². The molecule has 0 spiro atoms. The van der Waals surface area contributed by atoms with E-state index in [0.717, 1.165) is 13.0 Å². The van der Waals surface area contributed by atoms with Crippen LogP contribution < -0.4 is 10.6 Å². The second-order valence-corrected chi connectivity index (χ2v) is 4.49. The van der Waals surface area contributed by atoms with E-state index in [-0.39, 0.29) is 18.4 Å². The molecule has 0 aromatic heterocycles. The first-order valence-corrected chi connectivity index (χ1v) is 5.36. The zero-order valence-corrected chi connectivity index (χ0v) is 8.58. The molecule has 5 heteroatoms. The van der Waals surface area contributed by atoms with Crippen LogP contribution in [0.5, 0.6) is 0 Å². The highest BCUT2D eigenvalue weighted by molar-refractivity contribution is 5.82. The van der Waals surface area contributed by atoms with Crippen molar-refractivity contribution < 1.29 is 14.7 Å². The van der Waals surface area contributed by atoms with Gasteiger partial charge in [0.2, 0.25) is 5.91 Å². The summed E-state index contributed by atoms with van der Waals surface area (Å²) in [6.07, 6.45) is 2.23. The molecule has 1 saturated heterocycles. The smallest absolute Gasteiger partial charge is 0.311 e. The van der Waals surface area contributed by atoms with Crippen molar-refractivity contribution in [2.75, 3.05) is 19.6 Å². The third-order valence-corrected chi connectivity index (χ3v) is 3.34. The van der Waals surface area contributed by atoms with Crippen LogP contribution in [0.1, 0.15) is 19.3 Å². The van der Waals surface area contributed by atoms with Crippen LogP contribution in [-0.4, -0.2) is 36.6 Å². The van der Waals surface area contributed by atoms with Crippen molar-refractivity contribution in [3.8, 4) is 0 Å². The maximum absolute atomic E-state index is 11.6. The Morgan fingerprint density at radius 3 is 2.67 bits per heavy atom. The van der Waals surface area contributed by atoms with Gasteiger partial charge in [0.15, 0.2) is 0 Å². The monoisotopic (exact) mass is 212 g/mol. The molecular formula is C10H16N2O3. The number of hydrogen-bond donors (Lipinski definition) is 3. The molecule has 0 aromatic rings. The van der Waals surface area contributed by atoms with Crippen molar-refractivity contribution >= 4 is 11.9 Å². The van der Waals surface area contributed by atoms with Crippen molar-refractivity contribution in [2.45, 2.75) is 19.3 Å². The van der Waals surface area contributed by atoms with Gasteiger partial charge >= 0.3 is 5.97 Å². The number of carbonyl (C=O) groups is 2. The second kappa shape index (κ2) is 3.81. The molecule has 1 aliphatic carbocycles. The van der Waals surface area contributed by atoms with Gasteiger partial charge in [-0.1, -0.05) is 0 Å². The summed E-state index contributed by atoms with van der Waals surface area (Å²) in [4.78, 5) is 22.5. The number of carboxylic acids is 1. The Labute approximate surface area is 88.2 Å². The van der Waals surface area contributed by atoms with Crippen LogP contribution in [0, 0.1) is 11.3 Å². The summed E-state index contributed by atoms with van der Waals surface area (Å²) in [7, 11) is 0. The maximum atomic E-state index is 11.6. The van der Waals surface area contributed by atoms with Gasteiger partial charge in [0, 0.05) is 13.1 Å². The lowest BCUT2D eigenvalue weighted by atomic mass is 10.1. The quantitative estimate of drug-likeness (QED) is 0.591. The van der Waals surface area contributed by atoms with Crippen LogP contribution >= 0.6 is 0 Å². The van der Waals surface area contributed by atoms with Crippen molar-refractivity contribution in [1.29, 1.82) is 0 Å². The largest absolute Gasteiger partial charge is 0.481 e. The highest BCUT2D eigenvalue weighted by Crippen LogP contribution is 2.45. The molecule has 2 fully saturated rings. The van der Waals surface area contributed by atoms with Gasteiger partial charge in [-0.15, -0.1) is 0 Å². The molecule has 0 bridgehead atoms. The minimum absolute atomic E-state index is 0.00692. The molecule has 0 radical (unpaired) electrons. The SMILES string of the molecule is O=C(NCC1(C(=O)O)CC1)C1CCNC1. The number of aliphatic carboxylic acids is 1. The van der Waals surface area contributed by atoms with E-state index in [4.69, 9.17) is 5.11 Å². The number of hydrogen-bond acceptors (Lipinski definition) is 3. The third kappa shape index (κ3) is 2.12. The fourth-order valence-corrected chi connectivity index (χ4v) is 1.90. The molecule has 5 nitrogen and oxygen atoms in total. The zero-order valence-electron chi connectivity index (χ0n) is 8.58. The molecule has 1 saturated carbocycles. The molecule has 84 valence electrons. The average Bonchev–Trinajstić information content (AvgIpc) is 2.80. The van der Waals surface area contributed by atoms with Crippen molar-refractivity contribution in [3.05, 3.63) is 0 Å². The summed E-state index contributed by atoms with van der Waals surface area (Å²) in [5.41, 5.74) is -0.651. The van der Waals surface area contributed by atoms with Gasteiger partial charge < -0.3 is 15.7 Å². The van der Waals surface area contributed by atoms with Crippen LogP contribution in [-0.2, 0) is 9.59 Å². The standard InChI is InChI=1S/C10H16N2O3/c13-8(7-1-4-11-5-7)12-6-10(2-3-10)9(14)15/h7,11H,1-6H2,(H,12,13)(H,14,15). The number of amides is 1. The lowest BCUT2D eigenvalue weighted by molar-refractivity contribution is -0.143. The van der Waals surface area contributed by atoms with Crippen LogP contribution in [0.15, 0.2) is 0 Å². The summed E-state index contributed by atoms with van der Waals surface area (Å²) in [6, 6.07) is 0. The summed E-state index contributed by atoms with van der Waals surface area (Å²) >= 11 is 0. The fourth-order valence-electron chi connectivity index (χ4n) is 1.90. The lowest BCUT2D eigenvalue weighted by Gasteiger charge is -2.13. The highest BCUT2D eigenvalue weighted by atomic mass is 16.4. The summed E-state index contributed by atoms with van der Waals surface area (Å²) < 4.78 is 0. The number of carboxylic acid groups (broad SMARTS) is 1. The Morgan fingerprint density at radius 2 is 2.20 bits per heavy atom. The zero-order chi connectivity index (χ0) is 10.9. The van der Waals surface area contributed by atoms with Gasteiger partial charge in [-0.05, 0) is 25.8 Å². The molecule has 1 heterocycles. The minimum Gasteiger partial charge on any atom is -0.481 e. The molecule has 1 amide bonds. The highest BCUT2D eigenvalue weighted by Gasteiger charge is 2.50. The van der Waals surface area contributed by atoms with E-state index in [0.29, 0.717) is 19.4 Å². The first kappa shape index (κ1) is 10.4. The average molecular weight is 212 g/mol. The normalized spacial score (nSPS) is 27.3. The molecule has 3 N–H and O–H groups in total. The van der Waals surface area contributed by atoms with Crippen LogP contribution in [0.4, 0.5) is 0 Å². The van der Waals surface area contributed by atoms with E-state index < -0.39 is 11.4 Å². The van der Waals surface area contributed by atoms with Crippen LogP contribution in [0.25, 0.3) is 0 Å². The Bertz CT molecular complexity index is 280. The topological polar surface area (TPSA) is 78.4 Å². The van der Waals surface area contributed by atoms with E-state index in [2.05, 4.69) is 10.6 Å². The van der Waals surface area contributed by atoms with E-state index in [9.17, 15) is 9.59 Å². The van der Waals surface area contributed by atoms with Crippen LogP contribution in [0.3, 0.4) is 0 Å². The Balaban J connectivity index is 1.78. The van der Waals surface area contributed by atoms with E-state index in [1.165, 1.54) is 0 Å². The first-order chi connectivity index (χ1) is 7.14. The Kier molecular flexibility index (Phi) is 2.65. The van der Waals surface area contributed by atoms with Crippen LogP contribution in [0.2, 0.25) is 0 Å². The van der Waals surface area contributed by atoms with Gasteiger partial charge in [0.05, 0.1) is 11.3 Å². The molecule has 0 aromatic carbocycles. The predicted molar refractivity (Wildman–Crippen MR) is 53.3 cm³/mol. The molecule has 1 aliphatic heterocycles. The molecule has 2 rings (SSSR count). The maximum Gasteiger partial charge on any atom is 0.311 e. The van der Waals surface area contributed by atoms with Gasteiger partial charge in [-0.25, -0.2) is 0 Å². The van der Waals surface area contributed by atoms with Crippen molar-refractivity contribution in [3.63, 3.8) is 0 Å². The van der Waals surface area contributed by atoms with Crippen molar-refractivity contribution in [2.24, 2.45) is 11.3 Å². The number of rotatable bonds is 4. The fraction of sp³-hybridized carbons (Fsp3) is 0.800. The number of nitrogens with one attached hydrogen (secondary N) is 2. The molecular weight excluding hydrogens is 196 g/mol. The second-order valence-electron chi connectivity index (χ2n) is 4.49. The van der Waals surface area contributed by atoms with Gasteiger partial charge in [-0.2, -0.15) is 0 Å². The lowest BCUT2D eigenvalue weighted by Crippen LogP contribution is -2.38. The molecule has 2 aliphatic rings. The van der Waals surface area contributed by atoms with Gasteiger partial charge in [0.1, 0.15) is 0 Å². The minimum atomic E-state index is -0.785. The summed E-state index contributed by atoms with van der Waals surface area (Å²) in [5.74, 6) is -0.769. The Hall–Kier alpha value is -1.10. The van der Waals surface area contributed by atoms with E-state index >= 15 is 0 Å². The molecule has 1 atom stereocenters.